The van der Waals surface area contributed by atoms with Crippen LogP contribution in [0.5, 0.6) is 0 Å². The van der Waals surface area contributed by atoms with E-state index in [1.54, 1.807) is 0 Å². The van der Waals surface area contributed by atoms with Gasteiger partial charge in [0.25, 0.3) is 0 Å². The predicted octanol–water partition coefficient (Wildman–Crippen LogP) is 4.19. The van der Waals surface area contributed by atoms with Crippen molar-refractivity contribution in [2.24, 2.45) is 23.5 Å². The molecule has 0 radical (unpaired) electrons. The van der Waals surface area contributed by atoms with Crippen molar-refractivity contribution in [3.05, 3.63) is 24.3 Å². The smallest absolute Gasteiger partial charge is 0.321 e. The normalized spacial score (nSPS) is 29.6. The molecule has 1 saturated heterocycles. The molecule has 2 unspecified atom stereocenters. The van der Waals surface area contributed by atoms with Gasteiger partial charge in [0, 0.05) is 36.4 Å². The fourth-order valence-electron chi connectivity index (χ4n) is 5.36. The molecule has 1 heterocycles. The number of nitrogens with one attached hydrogen (secondary N) is 2. The van der Waals surface area contributed by atoms with Gasteiger partial charge < -0.3 is 21.3 Å². The summed E-state index contributed by atoms with van der Waals surface area (Å²) in [5, 5.41) is 6.04. The van der Waals surface area contributed by atoms with Crippen molar-refractivity contribution in [2.45, 2.75) is 63.8 Å². The van der Waals surface area contributed by atoms with E-state index < -0.39 is 0 Å². The fraction of sp³-hybridized carbons (Fsp3) is 0.652. The van der Waals surface area contributed by atoms with Gasteiger partial charge in [-0.05, 0) is 74.6 Å². The van der Waals surface area contributed by atoms with Crippen molar-refractivity contribution in [2.75, 3.05) is 23.7 Å². The van der Waals surface area contributed by atoms with E-state index in [-0.39, 0.29) is 23.9 Å². The average molecular weight is 399 g/mol. The number of likely N-dealkylation sites (tertiary alicyclic amines) is 1. The van der Waals surface area contributed by atoms with E-state index in [1.807, 2.05) is 29.2 Å². The van der Waals surface area contributed by atoms with Crippen molar-refractivity contribution in [3.8, 4) is 0 Å². The second kappa shape index (κ2) is 9.16. The molecule has 1 aromatic carbocycles. The first-order chi connectivity index (χ1) is 14.1. The number of nitrogens with zero attached hydrogens (tertiary/aromatic N) is 1. The lowest BCUT2D eigenvalue weighted by molar-refractivity contribution is -0.122. The largest absolute Gasteiger partial charge is 0.327 e. The van der Waals surface area contributed by atoms with E-state index in [4.69, 9.17) is 5.73 Å². The molecular formula is C23H34N4O2. The molecule has 6 nitrogen and oxygen atoms in total. The molecule has 6 heteroatoms. The zero-order valence-electron chi connectivity index (χ0n) is 17.2. The number of urea groups is 1. The minimum atomic E-state index is -0.0335. The molecule has 158 valence electrons. The van der Waals surface area contributed by atoms with Crippen LogP contribution >= 0.6 is 0 Å². The topological polar surface area (TPSA) is 87.5 Å². The van der Waals surface area contributed by atoms with E-state index in [2.05, 4.69) is 10.6 Å². The van der Waals surface area contributed by atoms with Gasteiger partial charge in [-0.2, -0.15) is 0 Å². The van der Waals surface area contributed by atoms with Crippen LogP contribution in [-0.2, 0) is 4.79 Å². The molecule has 3 fully saturated rings. The molecule has 3 aliphatic rings. The first kappa shape index (κ1) is 20.2. The van der Waals surface area contributed by atoms with Gasteiger partial charge in [-0.25, -0.2) is 4.79 Å². The highest BCUT2D eigenvalue weighted by Gasteiger charge is 2.40. The fourth-order valence-corrected chi connectivity index (χ4v) is 5.36. The van der Waals surface area contributed by atoms with Gasteiger partial charge in [-0.15, -0.1) is 0 Å². The van der Waals surface area contributed by atoms with Crippen LogP contribution in [0, 0.1) is 17.8 Å². The van der Waals surface area contributed by atoms with E-state index >= 15 is 0 Å². The summed E-state index contributed by atoms with van der Waals surface area (Å²) >= 11 is 0. The van der Waals surface area contributed by atoms with Crippen LogP contribution in [0.4, 0.5) is 16.2 Å². The molecule has 2 bridgehead atoms. The molecule has 1 aromatic rings. The van der Waals surface area contributed by atoms with Gasteiger partial charge in [-0.1, -0.05) is 19.3 Å². The lowest BCUT2D eigenvalue weighted by atomic mass is 9.65. The predicted molar refractivity (Wildman–Crippen MR) is 116 cm³/mol. The number of fused-ring (bicyclic) bond motifs is 2. The molecule has 2 atom stereocenters. The summed E-state index contributed by atoms with van der Waals surface area (Å²) in [6, 6.07) is 7.69. The van der Waals surface area contributed by atoms with Crippen LogP contribution < -0.4 is 16.4 Å². The highest BCUT2D eigenvalue weighted by atomic mass is 16.2. The average Bonchev–Trinajstić information content (AvgIpc) is 2.99. The van der Waals surface area contributed by atoms with Crippen LogP contribution in [0.1, 0.15) is 57.8 Å². The van der Waals surface area contributed by atoms with Crippen LogP contribution in [0.2, 0.25) is 0 Å². The molecule has 4 N–H and O–H groups in total. The summed E-state index contributed by atoms with van der Waals surface area (Å²) in [6.07, 6.45) is 9.94. The molecule has 2 saturated carbocycles. The Bertz CT molecular complexity index is 698. The van der Waals surface area contributed by atoms with Gasteiger partial charge in [0.1, 0.15) is 0 Å². The van der Waals surface area contributed by atoms with E-state index in [9.17, 15) is 9.59 Å². The number of nitrogens with two attached hydrogens (primary N) is 1. The quantitative estimate of drug-likeness (QED) is 0.713. The highest BCUT2D eigenvalue weighted by molar-refractivity contribution is 5.93. The van der Waals surface area contributed by atoms with Gasteiger partial charge in [-0.3, -0.25) is 4.79 Å². The number of benzene rings is 1. The van der Waals surface area contributed by atoms with Crippen molar-refractivity contribution >= 4 is 23.3 Å². The van der Waals surface area contributed by atoms with Crippen molar-refractivity contribution in [1.29, 1.82) is 0 Å². The number of hydrogen-bond acceptors (Lipinski definition) is 3. The maximum absolute atomic E-state index is 12.8. The Morgan fingerprint density at radius 2 is 1.38 bits per heavy atom. The third-order valence-electron chi connectivity index (χ3n) is 7.08. The van der Waals surface area contributed by atoms with Crippen LogP contribution in [-0.4, -0.2) is 36.0 Å². The zero-order chi connectivity index (χ0) is 20.2. The molecule has 4 rings (SSSR count). The Labute approximate surface area is 173 Å². The Morgan fingerprint density at radius 1 is 0.828 bits per heavy atom. The first-order valence-electron chi connectivity index (χ1n) is 11.3. The van der Waals surface area contributed by atoms with Gasteiger partial charge >= 0.3 is 6.03 Å². The number of hydrogen-bond donors (Lipinski definition) is 3. The van der Waals surface area contributed by atoms with Gasteiger partial charge in [0.15, 0.2) is 0 Å². The summed E-state index contributed by atoms with van der Waals surface area (Å²) in [4.78, 5) is 27.1. The highest BCUT2D eigenvalue weighted by Crippen LogP contribution is 2.42. The zero-order valence-corrected chi connectivity index (χ0v) is 17.2. The summed E-state index contributed by atoms with van der Waals surface area (Å²) < 4.78 is 0. The standard InChI is InChI=1S/C23H34N4O2/c24-21-16-6-5-7-17(21)15-18(14-16)22(28)25-19-8-10-20(11-9-19)26-23(29)27-12-3-1-2-4-13-27/h8-11,16-18,21H,1-7,12-15,24H2,(H,25,28)(H,26,29). The molecule has 3 amide bonds. The second-order valence-electron chi connectivity index (χ2n) is 9.09. The third-order valence-corrected chi connectivity index (χ3v) is 7.08. The Kier molecular flexibility index (Phi) is 6.38. The number of carbonyl (C=O) groups is 2. The summed E-state index contributed by atoms with van der Waals surface area (Å²) in [5.41, 5.74) is 7.89. The molecule has 0 aromatic heterocycles. The lowest BCUT2D eigenvalue weighted by Gasteiger charge is -2.43. The lowest BCUT2D eigenvalue weighted by Crippen LogP contribution is -2.48. The van der Waals surface area contributed by atoms with E-state index in [0.717, 1.165) is 63.0 Å². The summed E-state index contributed by atoms with van der Waals surface area (Å²) in [5.74, 6) is 1.16. The Balaban J connectivity index is 1.30. The first-order valence-corrected chi connectivity index (χ1v) is 11.3. The number of carbonyl (C=O) groups excluding carboxylic acids is 2. The Hall–Kier alpha value is -2.08. The van der Waals surface area contributed by atoms with Crippen molar-refractivity contribution in [1.82, 2.24) is 4.90 Å². The number of anilines is 2. The maximum atomic E-state index is 12.8. The molecule has 2 aliphatic carbocycles. The van der Waals surface area contributed by atoms with Crippen molar-refractivity contribution in [3.63, 3.8) is 0 Å². The summed E-state index contributed by atoms with van der Waals surface area (Å²) in [6.45, 7) is 1.65. The molecule has 0 spiro atoms. The molecule has 1 aliphatic heterocycles. The minimum Gasteiger partial charge on any atom is -0.327 e. The van der Waals surface area contributed by atoms with Crippen LogP contribution in [0.15, 0.2) is 24.3 Å². The van der Waals surface area contributed by atoms with Crippen LogP contribution in [0.3, 0.4) is 0 Å². The summed E-state index contributed by atoms with van der Waals surface area (Å²) in [7, 11) is 0. The minimum absolute atomic E-state index is 0.0335. The number of amides is 3. The molecular weight excluding hydrogens is 364 g/mol. The van der Waals surface area contributed by atoms with E-state index in [0.29, 0.717) is 11.8 Å². The van der Waals surface area contributed by atoms with E-state index in [1.165, 1.54) is 19.3 Å². The monoisotopic (exact) mass is 398 g/mol. The number of rotatable bonds is 3. The van der Waals surface area contributed by atoms with Crippen LogP contribution in [0.25, 0.3) is 0 Å². The van der Waals surface area contributed by atoms with Gasteiger partial charge in [0.05, 0.1) is 0 Å². The second-order valence-corrected chi connectivity index (χ2v) is 9.09. The van der Waals surface area contributed by atoms with Crippen molar-refractivity contribution < 1.29 is 9.59 Å². The SMILES string of the molecule is NC1C2CCCC1CC(C(=O)Nc1ccc(NC(=O)N3CCCCCC3)cc1)C2. The molecule has 29 heavy (non-hydrogen) atoms. The van der Waals surface area contributed by atoms with Gasteiger partial charge in [0.2, 0.25) is 5.91 Å². The maximum Gasteiger partial charge on any atom is 0.321 e. The Morgan fingerprint density at radius 3 is 1.97 bits per heavy atom. The third kappa shape index (κ3) is 4.92.